The summed E-state index contributed by atoms with van der Waals surface area (Å²) in [7, 11) is 0.962. The number of carbonyl (C=O) groups is 1. The molecule has 1 aliphatic rings. The van der Waals surface area contributed by atoms with Gasteiger partial charge in [-0.05, 0) is 25.2 Å². The highest BCUT2D eigenvalue weighted by atomic mass is 31.1. The summed E-state index contributed by atoms with van der Waals surface area (Å²) in [5, 5.41) is 0. The minimum Gasteiger partial charge on any atom is -0.299 e. The van der Waals surface area contributed by atoms with Crippen LogP contribution < -0.4 is 0 Å². The average Bonchev–Trinajstić information content (AvgIpc) is 1.95. The zero-order chi connectivity index (χ0) is 7.56. The van der Waals surface area contributed by atoms with Gasteiger partial charge in [-0.15, -0.1) is 8.58 Å². The van der Waals surface area contributed by atoms with E-state index in [9.17, 15) is 4.79 Å². The molecule has 58 valence electrons. The van der Waals surface area contributed by atoms with Gasteiger partial charge in [-0.2, -0.15) is 0 Å². The highest BCUT2D eigenvalue weighted by Gasteiger charge is 2.23. The smallest absolute Gasteiger partial charge is 0.136 e. The highest BCUT2D eigenvalue weighted by Crippen LogP contribution is 2.30. The largest absolute Gasteiger partial charge is 0.299 e. The lowest BCUT2D eigenvalue weighted by molar-refractivity contribution is -0.123. The molecule has 0 spiro atoms. The topological polar surface area (TPSA) is 17.1 Å². The van der Waals surface area contributed by atoms with Gasteiger partial charge in [-0.1, -0.05) is 6.92 Å². The number of Topliss-reactive ketones (excluding diaryl/α,β-unsaturated/α-hetero) is 1. The lowest BCUT2D eigenvalue weighted by atomic mass is 9.89. The van der Waals surface area contributed by atoms with E-state index in [0.717, 1.165) is 27.1 Å². The first-order valence-electron chi connectivity index (χ1n) is 3.94. The van der Waals surface area contributed by atoms with Crippen molar-refractivity contribution >= 4 is 14.4 Å². The third-order valence-corrected chi connectivity index (χ3v) is 3.66. The van der Waals surface area contributed by atoms with E-state index in [4.69, 9.17) is 0 Å². The van der Waals surface area contributed by atoms with Crippen LogP contribution in [-0.2, 0) is 4.79 Å². The van der Waals surface area contributed by atoms with Crippen molar-refractivity contribution in [2.24, 2.45) is 5.92 Å². The highest BCUT2D eigenvalue weighted by molar-refractivity contribution is 7.38. The van der Waals surface area contributed by atoms with Gasteiger partial charge in [0.25, 0.3) is 0 Å². The predicted molar refractivity (Wildman–Crippen MR) is 46.0 cm³/mol. The Morgan fingerprint density at radius 1 is 1.50 bits per heavy atom. The Hall–Kier alpha value is 0.100. The fourth-order valence-corrected chi connectivity index (χ4v) is 2.27. The Bertz CT molecular complexity index is 133. The van der Waals surface area contributed by atoms with Crippen molar-refractivity contribution in [3.63, 3.8) is 0 Å². The molecule has 0 aromatic rings. The van der Waals surface area contributed by atoms with Crippen LogP contribution in [0.2, 0.25) is 0 Å². The minimum absolute atomic E-state index is 0.354. The van der Waals surface area contributed by atoms with Gasteiger partial charge < -0.3 is 0 Å². The van der Waals surface area contributed by atoms with Gasteiger partial charge in [0.15, 0.2) is 0 Å². The Kier molecular flexibility index (Phi) is 2.85. The number of ketones is 1. The van der Waals surface area contributed by atoms with Crippen molar-refractivity contribution in [3.8, 4) is 0 Å². The van der Waals surface area contributed by atoms with Crippen LogP contribution in [-0.4, -0.2) is 18.1 Å². The maximum Gasteiger partial charge on any atom is 0.136 e. The molecule has 0 N–H and O–H groups in total. The lowest BCUT2D eigenvalue weighted by Gasteiger charge is -2.23. The molecule has 3 unspecified atom stereocenters. The summed E-state index contributed by atoms with van der Waals surface area (Å²) >= 11 is 0. The summed E-state index contributed by atoms with van der Waals surface area (Å²) in [6, 6.07) is 0. The molecule has 1 rings (SSSR count). The molecule has 1 saturated carbocycles. The molecule has 0 radical (unpaired) electrons. The lowest BCUT2D eigenvalue weighted by Crippen LogP contribution is -2.23. The molecular formula is C8H15OP. The van der Waals surface area contributed by atoms with E-state index < -0.39 is 0 Å². The molecule has 2 heteroatoms. The maximum absolute atomic E-state index is 11.2. The van der Waals surface area contributed by atoms with Crippen molar-refractivity contribution < 1.29 is 4.79 Å². The number of hydrogen-bond donors (Lipinski definition) is 0. The van der Waals surface area contributed by atoms with Gasteiger partial charge in [-0.3, -0.25) is 4.79 Å². The van der Waals surface area contributed by atoms with Crippen molar-refractivity contribution in [2.45, 2.75) is 31.8 Å². The second kappa shape index (κ2) is 3.48. The van der Waals surface area contributed by atoms with Crippen molar-refractivity contribution in [3.05, 3.63) is 0 Å². The van der Waals surface area contributed by atoms with Gasteiger partial charge in [0, 0.05) is 12.3 Å². The van der Waals surface area contributed by atoms with Crippen LogP contribution in [0.15, 0.2) is 0 Å². The van der Waals surface area contributed by atoms with Gasteiger partial charge >= 0.3 is 0 Å². The molecule has 0 aromatic carbocycles. The van der Waals surface area contributed by atoms with E-state index >= 15 is 0 Å². The molecule has 0 saturated heterocycles. The molecule has 0 heterocycles. The van der Waals surface area contributed by atoms with E-state index in [1.807, 2.05) is 0 Å². The molecule has 1 fully saturated rings. The Labute approximate surface area is 64.4 Å². The molecule has 1 nitrogen and oxygen atoms in total. The van der Waals surface area contributed by atoms with Crippen LogP contribution in [0.4, 0.5) is 0 Å². The number of rotatable bonds is 1. The summed E-state index contributed by atoms with van der Waals surface area (Å²) in [6.45, 7) is 4.26. The predicted octanol–water partition coefficient (Wildman–Crippen LogP) is 2.05. The zero-order valence-corrected chi connectivity index (χ0v) is 7.68. The first-order valence-corrected chi connectivity index (χ1v) is 5.51. The SMILES string of the molecule is CPC1CCC(C)C(=O)C1. The summed E-state index contributed by atoms with van der Waals surface area (Å²) in [6.07, 6.45) is 3.27. The molecule has 1 aliphatic carbocycles. The minimum atomic E-state index is 0.354. The van der Waals surface area contributed by atoms with Crippen LogP contribution >= 0.6 is 8.58 Å². The van der Waals surface area contributed by atoms with Crippen LogP contribution in [0, 0.1) is 5.92 Å². The summed E-state index contributed by atoms with van der Waals surface area (Å²) in [4.78, 5) is 11.2. The fraction of sp³-hybridized carbons (Fsp3) is 0.875. The van der Waals surface area contributed by atoms with Gasteiger partial charge in [0.1, 0.15) is 5.78 Å². The summed E-state index contributed by atoms with van der Waals surface area (Å²) < 4.78 is 0. The van der Waals surface area contributed by atoms with Crippen molar-refractivity contribution in [1.82, 2.24) is 0 Å². The first-order chi connectivity index (χ1) is 4.74. The van der Waals surface area contributed by atoms with Gasteiger partial charge in [0.05, 0.1) is 0 Å². The van der Waals surface area contributed by atoms with Crippen molar-refractivity contribution in [1.29, 1.82) is 0 Å². The molecule has 0 bridgehead atoms. The Morgan fingerprint density at radius 3 is 2.70 bits per heavy atom. The fourth-order valence-electron chi connectivity index (χ4n) is 1.40. The summed E-state index contributed by atoms with van der Waals surface area (Å²) in [5.74, 6) is 0.846. The second-order valence-corrected chi connectivity index (χ2v) is 4.53. The van der Waals surface area contributed by atoms with E-state index in [0.29, 0.717) is 11.7 Å². The molecule has 3 atom stereocenters. The van der Waals surface area contributed by atoms with E-state index in [2.05, 4.69) is 13.6 Å². The first kappa shape index (κ1) is 8.20. The quantitative estimate of drug-likeness (QED) is 0.534. The Morgan fingerprint density at radius 2 is 2.20 bits per heavy atom. The molecule has 0 aromatic heterocycles. The second-order valence-electron chi connectivity index (χ2n) is 3.13. The van der Waals surface area contributed by atoms with Crippen LogP contribution in [0.3, 0.4) is 0 Å². The third-order valence-electron chi connectivity index (χ3n) is 2.35. The standard InChI is InChI=1S/C8H15OP/c1-6-3-4-7(10-2)5-8(6)9/h6-7,10H,3-5H2,1-2H3. The normalized spacial score (nSPS) is 35.6. The van der Waals surface area contributed by atoms with E-state index in [1.165, 1.54) is 6.42 Å². The molecular weight excluding hydrogens is 143 g/mol. The van der Waals surface area contributed by atoms with Gasteiger partial charge in [-0.25, -0.2) is 0 Å². The molecule has 0 amide bonds. The monoisotopic (exact) mass is 158 g/mol. The van der Waals surface area contributed by atoms with Crippen molar-refractivity contribution in [2.75, 3.05) is 6.66 Å². The average molecular weight is 158 g/mol. The van der Waals surface area contributed by atoms with Crippen LogP contribution in [0.1, 0.15) is 26.2 Å². The number of carbonyl (C=O) groups excluding carboxylic acids is 1. The van der Waals surface area contributed by atoms with E-state index in [1.54, 1.807) is 0 Å². The zero-order valence-electron chi connectivity index (χ0n) is 6.68. The van der Waals surface area contributed by atoms with E-state index in [-0.39, 0.29) is 0 Å². The summed E-state index contributed by atoms with van der Waals surface area (Å²) in [5.41, 5.74) is 0.726. The van der Waals surface area contributed by atoms with Crippen LogP contribution in [0.25, 0.3) is 0 Å². The molecule has 10 heavy (non-hydrogen) atoms. The Balaban J connectivity index is 2.41. The number of hydrogen-bond acceptors (Lipinski definition) is 1. The van der Waals surface area contributed by atoms with Crippen LogP contribution in [0.5, 0.6) is 0 Å². The maximum atomic E-state index is 11.2. The van der Waals surface area contributed by atoms with Gasteiger partial charge in [0.2, 0.25) is 0 Å². The third kappa shape index (κ3) is 1.79. The molecule has 0 aliphatic heterocycles.